The molecule has 0 bridgehead atoms. The lowest BCUT2D eigenvalue weighted by Gasteiger charge is -2.46. The third-order valence-electron chi connectivity index (χ3n) is 4.53. The number of carbonyl (C=O) groups excluding carboxylic acids is 1. The minimum atomic E-state index is -1.17. The van der Waals surface area contributed by atoms with Crippen molar-refractivity contribution in [2.45, 2.75) is 39.2 Å². The average molecular weight is 384 g/mol. The van der Waals surface area contributed by atoms with Gasteiger partial charge in [0.25, 0.3) is 5.91 Å². The van der Waals surface area contributed by atoms with Crippen LogP contribution < -0.4 is 10.9 Å². The first-order chi connectivity index (χ1) is 10.6. The summed E-state index contributed by atoms with van der Waals surface area (Å²) in [4.78, 5) is 26.1. The van der Waals surface area contributed by atoms with Gasteiger partial charge in [0.15, 0.2) is 0 Å². The first kappa shape index (κ1) is 17.7. The molecular formula is C16H22BrN3O3. The molecule has 0 aliphatic carbocycles. The summed E-state index contributed by atoms with van der Waals surface area (Å²) in [6.45, 7) is 5.97. The summed E-state index contributed by atoms with van der Waals surface area (Å²) >= 11 is 3.34. The van der Waals surface area contributed by atoms with Gasteiger partial charge in [-0.05, 0) is 42.5 Å². The lowest BCUT2D eigenvalue weighted by molar-refractivity contribution is -0.134. The Morgan fingerprint density at radius 2 is 1.87 bits per heavy atom. The Morgan fingerprint density at radius 3 is 2.35 bits per heavy atom. The zero-order valence-electron chi connectivity index (χ0n) is 13.5. The molecule has 1 heterocycles. The highest BCUT2D eigenvalue weighted by Gasteiger charge is 2.58. The number of halogens is 1. The Hall–Kier alpha value is -1.60. The van der Waals surface area contributed by atoms with E-state index in [9.17, 15) is 14.7 Å². The largest absolute Gasteiger partial charge is 0.465 e. The molecule has 1 aromatic carbocycles. The number of rotatable bonds is 2. The van der Waals surface area contributed by atoms with Crippen molar-refractivity contribution in [1.82, 2.24) is 4.90 Å². The molecule has 23 heavy (non-hydrogen) atoms. The molecule has 0 aromatic heterocycles. The highest BCUT2D eigenvalue weighted by molar-refractivity contribution is 9.10. The SMILES string of the molecule is CC(C)(C)[C@]1(C(=O)N(N)c2ccc(Br)cc2)CCCN1C(=O)O. The van der Waals surface area contributed by atoms with E-state index in [-0.39, 0.29) is 0 Å². The van der Waals surface area contributed by atoms with Crippen LogP contribution in [0.3, 0.4) is 0 Å². The number of nitrogens with zero attached hydrogens (tertiary/aromatic N) is 2. The summed E-state index contributed by atoms with van der Waals surface area (Å²) in [5.74, 6) is 5.67. The Morgan fingerprint density at radius 1 is 1.30 bits per heavy atom. The van der Waals surface area contributed by atoms with Crippen LogP contribution in [0, 0.1) is 5.41 Å². The maximum atomic E-state index is 13.2. The van der Waals surface area contributed by atoms with Crippen LogP contribution in [0.15, 0.2) is 28.7 Å². The molecule has 6 nitrogen and oxygen atoms in total. The van der Waals surface area contributed by atoms with E-state index < -0.39 is 23.0 Å². The number of carbonyl (C=O) groups is 2. The fourth-order valence-corrected chi connectivity index (χ4v) is 3.58. The van der Waals surface area contributed by atoms with Crippen LogP contribution in [-0.2, 0) is 4.79 Å². The molecule has 1 fully saturated rings. The molecular weight excluding hydrogens is 362 g/mol. The van der Waals surface area contributed by atoms with Gasteiger partial charge in [-0.3, -0.25) is 9.69 Å². The van der Waals surface area contributed by atoms with Crippen LogP contribution >= 0.6 is 15.9 Å². The number of hydrogen-bond donors (Lipinski definition) is 2. The van der Waals surface area contributed by atoms with Crippen molar-refractivity contribution in [3.8, 4) is 0 Å². The number of hydrogen-bond acceptors (Lipinski definition) is 3. The topological polar surface area (TPSA) is 86.9 Å². The molecule has 2 amide bonds. The van der Waals surface area contributed by atoms with E-state index in [2.05, 4.69) is 15.9 Å². The highest BCUT2D eigenvalue weighted by atomic mass is 79.9. The molecule has 1 aliphatic rings. The number of amides is 2. The number of nitrogens with two attached hydrogens (primary N) is 1. The van der Waals surface area contributed by atoms with Gasteiger partial charge in [-0.1, -0.05) is 36.7 Å². The second-order valence-corrected chi connectivity index (χ2v) is 7.72. The van der Waals surface area contributed by atoms with E-state index in [1.54, 1.807) is 24.3 Å². The number of carboxylic acid groups (broad SMARTS) is 1. The Balaban J connectivity index is 2.46. The normalized spacial score (nSPS) is 21.3. The fraction of sp³-hybridized carbons (Fsp3) is 0.500. The third-order valence-corrected chi connectivity index (χ3v) is 5.06. The smallest absolute Gasteiger partial charge is 0.408 e. The van der Waals surface area contributed by atoms with Gasteiger partial charge in [0, 0.05) is 11.0 Å². The molecule has 1 aliphatic heterocycles. The van der Waals surface area contributed by atoms with Crippen LogP contribution in [0.5, 0.6) is 0 Å². The van der Waals surface area contributed by atoms with E-state index in [0.29, 0.717) is 25.1 Å². The molecule has 0 saturated carbocycles. The van der Waals surface area contributed by atoms with Crippen molar-refractivity contribution in [1.29, 1.82) is 0 Å². The van der Waals surface area contributed by atoms with E-state index in [4.69, 9.17) is 5.84 Å². The van der Waals surface area contributed by atoms with Crippen molar-refractivity contribution in [2.24, 2.45) is 11.3 Å². The molecule has 0 spiro atoms. The molecule has 3 N–H and O–H groups in total. The van der Waals surface area contributed by atoms with Gasteiger partial charge in [-0.15, -0.1) is 0 Å². The molecule has 1 aromatic rings. The van der Waals surface area contributed by atoms with Crippen molar-refractivity contribution in [3.63, 3.8) is 0 Å². The number of likely N-dealkylation sites (tertiary alicyclic amines) is 1. The third kappa shape index (κ3) is 2.95. The minimum Gasteiger partial charge on any atom is -0.465 e. The maximum absolute atomic E-state index is 13.2. The predicted molar refractivity (Wildman–Crippen MR) is 92.0 cm³/mol. The van der Waals surface area contributed by atoms with Crippen LogP contribution in [0.1, 0.15) is 33.6 Å². The van der Waals surface area contributed by atoms with Gasteiger partial charge in [0.05, 0.1) is 5.69 Å². The standard InChI is InChI=1S/C16H22BrN3O3/c1-15(2,3)16(9-4-10-19(16)14(22)23)13(21)20(18)12-7-5-11(17)6-8-12/h5-8H,4,9-10,18H2,1-3H3,(H,22,23)/t16-/m1/s1. The molecule has 1 atom stereocenters. The number of anilines is 1. The van der Waals surface area contributed by atoms with Crippen molar-refractivity contribution < 1.29 is 14.7 Å². The lowest BCUT2D eigenvalue weighted by Crippen LogP contribution is -2.66. The molecule has 126 valence electrons. The Bertz CT molecular complexity index is 612. The molecule has 7 heteroatoms. The molecule has 0 radical (unpaired) electrons. The summed E-state index contributed by atoms with van der Waals surface area (Å²) in [7, 11) is 0. The highest BCUT2D eigenvalue weighted by Crippen LogP contribution is 2.45. The monoisotopic (exact) mass is 383 g/mol. The van der Waals surface area contributed by atoms with Crippen LogP contribution in [0.25, 0.3) is 0 Å². The molecule has 2 rings (SSSR count). The lowest BCUT2D eigenvalue weighted by atomic mass is 9.71. The summed E-state index contributed by atoms with van der Waals surface area (Å²) < 4.78 is 0.876. The van der Waals surface area contributed by atoms with Crippen molar-refractivity contribution in [3.05, 3.63) is 28.7 Å². The summed E-state index contributed by atoms with van der Waals surface area (Å²) in [6, 6.07) is 7.02. The van der Waals surface area contributed by atoms with Gasteiger partial charge in [-0.25, -0.2) is 15.6 Å². The van der Waals surface area contributed by atoms with Crippen LogP contribution in [-0.4, -0.2) is 34.1 Å². The van der Waals surface area contributed by atoms with Gasteiger partial charge >= 0.3 is 6.09 Å². The summed E-state index contributed by atoms with van der Waals surface area (Å²) in [5.41, 5.74) is -1.22. The van der Waals surface area contributed by atoms with Crippen molar-refractivity contribution in [2.75, 3.05) is 11.6 Å². The van der Waals surface area contributed by atoms with E-state index in [0.717, 1.165) is 9.48 Å². The van der Waals surface area contributed by atoms with Crippen LogP contribution in [0.2, 0.25) is 0 Å². The maximum Gasteiger partial charge on any atom is 0.408 e. The summed E-state index contributed by atoms with van der Waals surface area (Å²) in [6.07, 6.45) is 0.0185. The van der Waals surface area contributed by atoms with Crippen LogP contribution in [0.4, 0.5) is 10.5 Å². The second-order valence-electron chi connectivity index (χ2n) is 6.80. The average Bonchev–Trinajstić information content (AvgIpc) is 2.92. The van der Waals surface area contributed by atoms with E-state index >= 15 is 0 Å². The quantitative estimate of drug-likeness (QED) is 0.466. The zero-order valence-corrected chi connectivity index (χ0v) is 15.1. The summed E-state index contributed by atoms with van der Waals surface area (Å²) in [5, 5.41) is 10.6. The first-order valence-corrected chi connectivity index (χ1v) is 8.26. The minimum absolute atomic E-state index is 0.340. The van der Waals surface area contributed by atoms with E-state index in [1.807, 2.05) is 20.8 Å². The predicted octanol–water partition coefficient (Wildman–Crippen LogP) is 3.21. The van der Waals surface area contributed by atoms with Gasteiger partial charge < -0.3 is 5.11 Å². The van der Waals surface area contributed by atoms with Gasteiger partial charge in [0.1, 0.15) is 5.54 Å². The second kappa shape index (κ2) is 6.13. The zero-order chi connectivity index (χ0) is 17.4. The molecule has 1 saturated heterocycles. The van der Waals surface area contributed by atoms with Gasteiger partial charge in [-0.2, -0.15) is 0 Å². The Kier molecular flexibility index (Phi) is 4.73. The van der Waals surface area contributed by atoms with E-state index in [1.165, 1.54) is 4.90 Å². The fourth-order valence-electron chi connectivity index (χ4n) is 3.32. The number of benzene rings is 1. The first-order valence-electron chi connectivity index (χ1n) is 7.46. The van der Waals surface area contributed by atoms with Gasteiger partial charge in [0.2, 0.25) is 0 Å². The Labute approximate surface area is 144 Å². The van der Waals surface area contributed by atoms with Crippen molar-refractivity contribution >= 4 is 33.6 Å². The number of hydrazine groups is 1. The molecule has 0 unspecified atom stereocenters.